The molecule has 2 aromatic carbocycles. The van der Waals surface area contributed by atoms with Crippen molar-refractivity contribution in [3.63, 3.8) is 0 Å². The zero-order valence-corrected chi connectivity index (χ0v) is 23.8. The van der Waals surface area contributed by atoms with Gasteiger partial charge in [-0.15, -0.1) is 0 Å². The van der Waals surface area contributed by atoms with Crippen molar-refractivity contribution in [2.24, 2.45) is 7.05 Å². The second-order valence-corrected chi connectivity index (χ2v) is 10.5. The first-order valence-electron chi connectivity index (χ1n) is 13.8. The van der Waals surface area contributed by atoms with Crippen LogP contribution in [0.1, 0.15) is 40.2 Å². The number of carbonyl (C=O) groups excluding carboxylic acids is 3. The highest BCUT2D eigenvalue weighted by molar-refractivity contribution is 5.92. The molecule has 3 heterocycles. The van der Waals surface area contributed by atoms with Crippen molar-refractivity contribution in [1.82, 2.24) is 25.3 Å². The van der Waals surface area contributed by atoms with Crippen LogP contribution in [0, 0.1) is 12.7 Å². The fraction of sp³-hybridized carbons (Fsp3) is 0.400. The van der Waals surface area contributed by atoms with Crippen molar-refractivity contribution in [3.8, 4) is 17.2 Å². The number of likely N-dealkylation sites (tertiary alicyclic amines) is 1. The van der Waals surface area contributed by atoms with E-state index in [1.807, 2.05) is 13.0 Å². The van der Waals surface area contributed by atoms with Gasteiger partial charge in [-0.2, -0.15) is 5.10 Å². The van der Waals surface area contributed by atoms with Gasteiger partial charge in [-0.05, 0) is 54.8 Å². The molecule has 1 aromatic heterocycles. The van der Waals surface area contributed by atoms with Crippen molar-refractivity contribution < 1.29 is 33.0 Å². The van der Waals surface area contributed by atoms with E-state index in [4.69, 9.17) is 14.2 Å². The molecule has 0 spiro atoms. The summed E-state index contributed by atoms with van der Waals surface area (Å²) in [5.41, 5.74) is 2.53. The van der Waals surface area contributed by atoms with Gasteiger partial charge in [0.25, 0.3) is 11.8 Å². The lowest BCUT2D eigenvalue weighted by Crippen LogP contribution is -2.58. The quantitative estimate of drug-likeness (QED) is 0.478. The molecule has 2 aliphatic heterocycles. The fourth-order valence-corrected chi connectivity index (χ4v) is 5.12. The van der Waals surface area contributed by atoms with Gasteiger partial charge in [0.1, 0.15) is 17.7 Å². The van der Waals surface area contributed by atoms with Crippen molar-refractivity contribution in [3.05, 3.63) is 70.8 Å². The minimum absolute atomic E-state index is 0.126. The Kier molecular flexibility index (Phi) is 8.60. The summed E-state index contributed by atoms with van der Waals surface area (Å²) in [6.07, 6.45) is 0.452. The van der Waals surface area contributed by atoms with Crippen LogP contribution in [0.5, 0.6) is 17.2 Å². The minimum atomic E-state index is -0.623. The van der Waals surface area contributed by atoms with Crippen molar-refractivity contribution >= 4 is 17.7 Å². The number of nitrogens with zero attached hydrogens (tertiary/aromatic N) is 3. The van der Waals surface area contributed by atoms with Crippen molar-refractivity contribution in [2.45, 2.75) is 44.9 Å². The zero-order valence-electron chi connectivity index (χ0n) is 23.8. The van der Waals surface area contributed by atoms with E-state index in [9.17, 15) is 18.8 Å². The normalized spacial score (nSPS) is 19.7. The molecule has 4 bridgehead atoms. The zero-order chi connectivity index (χ0) is 29.8. The molecule has 3 aromatic rings. The number of carbonyl (C=O) groups is 3. The maximum Gasteiger partial charge on any atom is 0.274 e. The van der Waals surface area contributed by atoms with Crippen LogP contribution in [0.2, 0.25) is 0 Å². The standard InChI is InChI=1S/C30H34FN5O6/c1-18-10-23(34-35(18)2)30(39)36-9-8-25-24(16-36)33-29(38)17-41-27-13-19(4-6-26(27)40-3)5-7-28(37)32-15-20-11-21(31)14-22(12-20)42-25/h4,6,10-14,24-25H,5,7-9,15-17H2,1-3H3,(H,32,37)(H,33,38)/t24-,25-/m1/s1. The fourth-order valence-electron chi connectivity index (χ4n) is 5.12. The molecule has 42 heavy (non-hydrogen) atoms. The second-order valence-electron chi connectivity index (χ2n) is 10.5. The number of ether oxygens (including phenoxy) is 3. The summed E-state index contributed by atoms with van der Waals surface area (Å²) in [7, 11) is 3.27. The highest BCUT2D eigenvalue weighted by Gasteiger charge is 2.35. The predicted molar refractivity (Wildman–Crippen MR) is 150 cm³/mol. The van der Waals surface area contributed by atoms with Crippen LogP contribution in [0.15, 0.2) is 42.5 Å². The van der Waals surface area contributed by atoms with E-state index in [1.54, 1.807) is 40.9 Å². The number of benzene rings is 2. The van der Waals surface area contributed by atoms with Crippen LogP contribution in [0.25, 0.3) is 0 Å². The number of piperidine rings is 1. The molecule has 2 atom stereocenters. The molecular formula is C30H34FN5O6. The van der Waals surface area contributed by atoms with Crippen molar-refractivity contribution in [2.75, 3.05) is 26.8 Å². The number of rotatable bonds is 2. The average Bonchev–Trinajstić information content (AvgIpc) is 3.31. The summed E-state index contributed by atoms with van der Waals surface area (Å²) in [5.74, 6) is -0.300. The van der Waals surface area contributed by atoms with E-state index >= 15 is 0 Å². The lowest BCUT2D eigenvalue weighted by atomic mass is 10.0. The largest absolute Gasteiger partial charge is 0.493 e. The molecule has 2 aliphatic rings. The van der Waals surface area contributed by atoms with Crippen LogP contribution in [0.4, 0.5) is 4.39 Å². The smallest absolute Gasteiger partial charge is 0.274 e. The molecule has 0 unspecified atom stereocenters. The number of aromatic nitrogens is 2. The van der Waals surface area contributed by atoms with Gasteiger partial charge >= 0.3 is 0 Å². The number of aryl methyl sites for hydroxylation is 3. The summed E-state index contributed by atoms with van der Waals surface area (Å²) in [6, 6.07) is 10.7. The number of amides is 3. The van der Waals surface area contributed by atoms with Gasteiger partial charge in [0.15, 0.2) is 23.8 Å². The maximum atomic E-state index is 14.5. The van der Waals surface area contributed by atoms with Crippen molar-refractivity contribution in [1.29, 1.82) is 0 Å². The van der Waals surface area contributed by atoms with E-state index in [1.165, 1.54) is 19.2 Å². The van der Waals surface area contributed by atoms with Crippen LogP contribution < -0.4 is 24.8 Å². The molecule has 5 rings (SSSR count). The number of fused-ring (bicyclic) bond motifs is 5. The van der Waals surface area contributed by atoms with Gasteiger partial charge in [0.2, 0.25) is 5.91 Å². The summed E-state index contributed by atoms with van der Waals surface area (Å²) in [6.45, 7) is 2.17. The molecule has 12 heteroatoms. The lowest BCUT2D eigenvalue weighted by molar-refractivity contribution is -0.125. The molecule has 2 N–H and O–H groups in total. The molecule has 0 radical (unpaired) electrons. The molecular weight excluding hydrogens is 545 g/mol. The van der Waals surface area contributed by atoms with Gasteiger partial charge in [0, 0.05) is 51.3 Å². The first-order valence-corrected chi connectivity index (χ1v) is 13.8. The topological polar surface area (TPSA) is 124 Å². The molecule has 3 amide bonds. The summed E-state index contributed by atoms with van der Waals surface area (Å²) in [5, 5.41) is 10.1. The monoisotopic (exact) mass is 579 g/mol. The number of nitrogens with one attached hydrogen (secondary N) is 2. The maximum absolute atomic E-state index is 14.5. The number of hydrogen-bond donors (Lipinski definition) is 2. The number of hydrogen-bond acceptors (Lipinski definition) is 7. The Morgan fingerprint density at radius 2 is 1.93 bits per heavy atom. The molecule has 1 saturated heterocycles. The Morgan fingerprint density at radius 1 is 1.10 bits per heavy atom. The Labute approximate surface area is 242 Å². The van der Waals surface area contributed by atoms with Crippen LogP contribution in [-0.4, -0.2) is 71.4 Å². The Balaban J connectivity index is 1.42. The number of halogens is 1. The second kappa shape index (κ2) is 12.5. The van der Waals surface area contributed by atoms with E-state index in [2.05, 4.69) is 15.7 Å². The SMILES string of the molecule is COc1ccc2cc1OCC(=O)N[C@@H]1CN(C(=O)c3cc(C)n(C)n3)CC[C@H]1Oc1cc(F)cc(c1)CNC(=O)CC2. The van der Waals surface area contributed by atoms with Crippen LogP contribution in [-0.2, 0) is 29.6 Å². The molecule has 11 nitrogen and oxygen atoms in total. The third-order valence-corrected chi connectivity index (χ3v) is 7.45. The number of methoxy groups -OCH3 is 1. The Bertz CT molecular complexity index is 1470. The first-order chi connectivity index (χ1) is 20.2. The van der Waals surface area contributed by atoms with E-state index in [0.717, 1.165) is 11.3 Å². The molecule has 222 valence electrons. The summed E-state index contributed by atoms with van der Waals surface area (Å²) >= 11 is 0. The van der Waals surface area contributed by atoms with Gasteiger partial charge in [-0.25, -0.2) is 4.39 Å². The van der Waals surface area contributed by atoms with Gasteiger partial charge in [0.05, 0.1) is 13.2 Å². The highest BCUT2D eigenvalue weighted by Crippen LogP contribution is 2.29. The molecule has 1 fully saturated rings. The van der Waals surface area contributed by atoms with Gasteiger partial charge in [-0.1, -0.05) is 6.07 Å². The first kappa shape index (κ1) is 28.9. The minimum Gasteiger partial charge on any atom is -0.493 e. The van der Waals surface area contributed by atoms with E-state index in [0.29, 0.717) is 42.1 Å². The van der Waals surface area contributed by atoms with E-state index in [-0.39, 0.29) is 43.7 Å². The molecule has 0 saturated carbocycles. The third-order valence-electron chi connectivity index (χ3n) is 7.45. The average molecular weight is 580 g/mol. The summed E-state index contributed by atoms with van der Waals surface area (Å²) < 4.78 is 33.6. The van der Waals surface area contributed by atoms with Crippen LogP contribution in [0.3, 0.4) is 0 Å². The van der Waals surface area contributed by atoms with Gasteiger partial charge < -0.3 is 29.7 Å². The Morgan fingerprint density at radius 3 is 2.69 bits per heavy atom. The third kappa shape index (κ3) is 6.81. The van der Waals surface area contributed by atoms with Gasteiger partial charge in [-0.3, -0.25) is 19.1 Å². The molecule has 0 aliphatic carbocycles. The predicted octanol–water partition coefficient (Wildman–Crippen LogP) is 2.30. The Hall–Kier alpha value is -4.61. The van der Waals surface area contributed by atoms with E-state index < -0.39 is 23.9 Å². The van der Waals surface area contributed by atoms with Crippen LogP contribution >= 0.6 is 0 Å². The summed E-state index contributed by atoms with van der Waals surface area (Å²) in [4.78, 5) is 40.6. The lowest BCUT2D eigenvalue weighted by Gasteiger charge is -2.38. The highest BCUT2D eigenvalue weighted by atomic mass is 19.1.